The van der Waals surface area contributed by atoms with E-state index < -0.39 is 10.0 Å². The SMILES string of the molecule is CCNC(=NCC1(c2ccccc2F)CC1)NCCS(=O)(=O)N1CCOCC1.I. The molecule has 10 heteroatoms. The van der Waals surface area contributed by atoms with E-state index in [-0.39, 0.29) is 47.5 Å². The molecule has 7 nitrogen and oxygen atoms in total. The Balaban J connectivity index is 0.00000300. The van der Waals surface area contributed by atoms with Gasteiger partial charge in [-0.1, -0.05) is 18.2 Å². The molecular formula is C19H30FIN4O3S. The van der Waals surface area contributed by atoms with Gasteiger partial charge in [0.2, 0.25) is 10.0 Å². The monoisotopic (exact) mass is 540 g/mol. The molecule has 0 atom stereocenters. The highest BCUT2D eigenvalue weighted by atomic mass is 127. The number of hydrogen-bond acceptors (Lipinski definition) is 4. The smallest absolute Gasteiger partial charge is 0.215 e. The van der Waals surface area contributed by atoms with Gasteiger partial charge in [0, 0.05) is 31.6 Å². The maximum absolute atomic E-state index is 14.1. The van der Waals surface area contributed by atoms with Crippen LogP contribution in [-0.4, -0.2) is 70.4 Å². The van der Waals surface area contributed by atoms with Gasteiger partial charge in [0.05, 0.1) is 25.5 Å². The van der Waals surface area contributed by atoms with Crippen molar-refractivity contribution in [2.75, 3.05) is 51.7 Å². The molecule has 0 unspecified atom stereocenters. The molecule has 2 N–H and O–H groups in total. The molecule has 3 rings (SSSR count). The van der Waals surface area contributed by atoms with Crippen molar-refractivity contribution in [3.8, 4) is 0 Å². The molecule has 0 spiro atoms. The Morgan fingerprint density at radius 3 is 2.55 bits per heavy atom. The minimum Gasteiger partial charge on any atom is -0.379 e. The molecule has 0 amide bonds. The van der Waals surface area contributed by atoms with E-state index in [1.165, 1.54) is 10.4 Å². The molecule has 1 aromatic carbocycles. The van der Waals surface area contributed by atoms with Crippen LogP contribution in [0.5, 0.6) is 0 Å². The topological polar surface area (TPSA) is 83.0 Å². The molecule has 2 fully saturated rings. The number of benzene rings is 1. The fourth-order valence-electron chi connectivity index (χ4n) is 3.38. The highest BCUT2D eigenvalue weighted by molar-refractivity contribution is 14.0. The van der Waals surface area contributed by atoms with E-state index in [1.807, 2.05) is 19.1 Å². The maximum Gasteiger partial charge on any atom is 0.215 e. The van der Waals surface area contributed by atoms with E-state index in [2.05, 4.69) is 15.6 Å². The molecule has 1 saturated heterocycles. The Kier molecular flexibility index (Phi) is 9.11. The molecule has 0 radical (unpaired) electrons. The average molecular weight is 540 g/mol. The number of hydrogen-bond donors (Lipinski definition) is 2. The lowest BCUT2D eigenvalue weighted by Gasteiger charge is -2.26. The summed E-state index contributed by atoms with van der Waals surface area (Å²) in [6.07, 6.45) is 1.81. The summed E-state index contributed by atoms with van der Waals surface area (Å²) < 4.78 is 45.6. The number of nitrogens with zero attached hydrogens (tertiary/aromatic N) is 2. The van der Waals surface area contributed by atoms with Gasteiger partial charge in [0.15, 0.2) is 5.96 Å². The van der Waals surface area contributed by atoms with Gasteiger partial charge in [0.1, 0.15) is 5.82 Å². The molecule has 1 aliphatic carbocycles. The van der Waals surface area contributed by atoms with E-state index in [4.69, 9.17) is 4.74 Å². The van der Waals surface area contributed by atoms with Crippen LogP contribution in [0.15, 0.2) is 29.3 Å². The third-order valence-electron chi connectivity index (χ3n) is 5.20. The zero-order chi connectivity index (χ0) is 20.0. The fourth-order valence-corrected chi connectivity index (χ4v) is 4.70. The maximum atomic E-state index is 14.1. The zero-order valence-electron chi connectivity index (χ0n) is 16.7. The van der Waals surface area contributed by atoms with E-state index in [1.54, 1.807) is 6.07 Å². The summed E-state index contributed by atoms with van der Waals surface area (Å²) in [5.41, 5.74) is 0.470. The van der Waals surface area contributed by atoms with E-state index in [0.29, 0.717) is 50.9 Å². The van der Waals surface area contributed by atoms with Crippen molar-refractivity contribution in [3.05, 3.63) is 35.6 Å². The van der Waals surface area contributed by atoms with Crippen molar-refractivity contribution in [3.63, 3.8) is 0 Å². The minimum absolute atomic E-state index is 0. The summed E-state index contributed by atoms with van der Waals surface area (Å²) in [4.78, 5) is 4.60. The second-order valence-corrected chi connectivity index (χ2v) is 9.30. The first-order valence-electron chi connectivity index (χ1n) is 9.80. The largest absolute Gasteiger partial charge is 0.379 e. The van der Waals surface area contributed by atoms with Crippen LogP contribution in [0, 0.1) is 5.82 Å². The van der Waals surface area contributed by atoms with Crippen molar-refractivity contribution in [1.29, 1.82) is 0 Å². The first kappa shape index (κ1) is 24.3. The lowest BCUT2D eigenvalue weighted by Crippen LogP contribution is -2.45. The number of halogens is 2. The normalized spacial score (nSPS) is 19.3. The van der Waals surface area contributed by atoms with Crippen LogP contribution in [0.1, 0.15) is 25.3 Å². The summed E-state index contributed by atoms with van der Waals surface area (Å²) in [6, 6.07) is 6.85. The lowest BCUT2D eigenvalue weighted by molar-refractivity contribution is 0.0730. The van der Waals surface area contributed by atoms with Gasteiger partial charge in [-0.15, -0.1) is 24.0 Å². The van der Waals surface area contributed by atoms with Gasteiger partial charge in [-0.2, -0.15) is 4.31 Å². The van der Waals surface area contributed by atoms with E-state index >= 15 is 0 Å². The van der Waals surface area contributed by atoms with Crippen molar-refractivity contribution in [2.45, 2.75) is 25.2 Å². The van der Waals surface area contributed by atoms with Crippen LogP contribution < -0.4 is 10.6 Å². The summed E-state index contributed by atoms with van der Waals surface area (Å²) >= 11 is 0. The van der Waals surface area contributed by atoms with Gasteiger partial charge < -0.3 is 15.4 Å². The predicted octanol–water partition coefficient (Wildman–Crippen LogP) is 1.69. The number of guanidine groups is 1. The number of sulfonamides is 1. The van der Waals surface area contributed by atoms with E-state index in [0.717, 1.165) is 12.8 Å². The molecule has 1 saturated carbocycles. The Hall–Kier alpha value is -0.980. The molecule has 0 aromatic heterocycles. The van der Waals surface area contributed by atoms with Gasteiger partial charge in [-0.25, -0.2) is 12.8 Å². The molecular weight excluding hydrogens is 510 g/mol. The molecule has 1 aliphatic heterocycles. The van der Waals surface area contributed by atoms with Crippen LogP contribution in [0.4, 0.5) is 4.39 Å². The molecule has 1 aromatic rings. The molecule has 0 bridgehead atoms. The third-order valence-corrected chi connectivity index (χ3v) is 7.07. The second kappa shape index (κ2) is 10.9. The van der Waals surface area contributed by atoms with E-state index in [9.17, 15) is 12.8 Å². The third kappa shape index (κ3) is 6.50. The van der Waals surface area contributed by atoms with Crippen LogP contribution in [0.25, 0.3) is 0 Å². The minimum atomic E-state index is -3.32. The Morgan fingerprint density at radius 2 is 1.93 bits per heavy atom. The summed E-state index contributed by atoms with van der Waals surface area (Å²) in [7, 11) is -3.32. The average Bonchev–Trinajstić information content (AvgIpc) is 3.48. The first-order valence-corrected chi connectivity index (χ1v) is 11.4. The highest BCUT2D eigenvalue weighted by Gasteiger charge is 2.45. The van der Waals surface area contributed by atoms with Crippen LogP contribution in [0.3, 0.4) is 0 Å². The van der Waals surface area contributed by atoms with Gasteiger partial charge in [0.25, 0.3) is 0 Å². The standard InChI is InChI=1S/C19H29FN4O3S.HI/c1-2-21-18(22-9-14-28(25,26)24-10-12-27-13-11-24)23-15-19(7-8-19)16-5-3-4-6-17(16)20;/h3-6H,2,7-15H2,1H3,(H2,21,22,23);1H. The quantitative estimate of drug-likeness (QED) is 0.298. The van der Waals surface area contributed by atoms with Crippen LogP contribution >= 0.6 is 24.0 Å². The first-order chi connectivity index (χ1) is 13.5. The summed E-state index contributed by atoms with van der Waals surface area (Å²) in [5, 5.41) is 6.22. The molecule has 2 aliphatic rings. The van der Waals surface area contributed by atoms with Crippen molar-refractivity contribution in [1.82, 2.24) is 14.9 Å². The van der Waals surface area contributed by atoms with Gasteiger partial charge >= 0.3 is 0 Å². The number of ether oxygens (including phenoxy) is 1. The van der Waals surface area contributed by atoms with Crippen molar-refractivity contribution < 1.29 is 17.5 Å². The second-order valence-electron chi connectivity index (χ2n) is 7.21. The number of rotatable bonds is 8. The summed E-state index contributed by atoms with van der Waals surface area (Å²) in [6.45, 7) is 5.03. The fraction of sp³-hybridized carbons (Fsp3) is 0.632. The van der Waals surface area contributed by atoms with Crippen LogP contribution in [0.2, 0.25) is 0 Å². The lowest BCUT2D eigenvalue weighted by atomic mass is 9.95. The predicted molar refractivity (Wildman–Crippen MR) is 123 cm³/mol. The number of morpholine rings is 1. The van der Waals surface area contributed by atoms with Crippen LogP contribution in [-0.2, 0) is 20.2 Å². The molecule has 164 valence electrons. The number of nitrogens with one attached hydrogen (secondary N) is 2. The zero-order valence-corrected chi connectivity index (χ0v) is 19.8. The Bertz CT molecular complexity index is 796. The Morgan fingerprint density at radius 1 is 1.24 bits per heavy atom. The molecule has 29 heavy (non-hydrogen) atoms. The van der Waals surface area contributed by atoms with Gasteiger partial charge in [-0.05, 0) is 31.4 Å². The molecule has 1 heterocycles. The highest BCUT2D eigenvalue weighted by Crippen LogP contribution is 2.49. The summed E-state index contributed by atoms with van der Waals surface area (Å²) in [5.74, 6) is 0.364. The van der Waals surface area contributed by atoms with Gasteiger partial charge in [-0.3, -0.25) is 4.99 Å². The van der Waals surface area contributed by atoms with Crippen molar-refractivity contribution in [2.24, 2.45) is 4.99 Å². The van der Waals surface area contributed by atoms with Crippen molar-refractivity contribution >= 4 is 40.0 Å². The Labute approximate surface area is 189 Å². The number of aliphatic imine (C=N–C) groups is 1.